The molecule has 17 heavy (non-hydrogen) atoms. The van der Waals surface area contributed by atoms with Gasteiger partial charge in [-0.15, -0.1) is 0 Å². The van der Waals surface area contributed by atoms with Gasteiger partial charge >= 0.3 is 0 Å². The highest BCUT2D eigenvalue weighted by atomic mass is 16.3. The Morgan fingerprint density at radius 2 is 1.53 bits per heavy atom. The molecule has 0 aliphatic heterocycles. The molecule has 0 aromatic heterocycles. The maximum atomic E-state index is 9.26. The van der Waals surface area contributed by atoms with Crippen molar-refractivity contribution in [3.63, 3.8) is 0 Å². The van der Waals surface area contributed by atoms with E-state index in [1.54, 1.807) is 24.3 Å². The van der Waals surface area contributed by atoms with E-state index < -0.39 is 0 Å². The fourth-order valence-electron chi connectivity index (χ4n) is 1.64. The first-order chi connectivity index (χ1) is 8.31. The van der Waals surface area contributed by atoms with Crippen molar-refractivity contribution in [2.24, 2.45) is 0 Å². The van der Waals surface area contributed by atoms with E-state index in [-0.39, 0.29) is 12.3 Å². The average molecular weight is 224 g/mol. The summed E-state index contributed by atoms with van der Waals surface area (Å²) in [4.78, 5) is 1.89. The van der Waals surface area contributed by atoms with Crippen molar-refractivity contribution >= 4 is 11.4 Å². The molecule has 0 amide bonds. The molecule has 0 aliphatic rings. The third-order valence-corrected chi connectivity index (χ3v) is 2.46. The first-order valence-corrected chi connectivity index (χ1v) is 5.30. The first kappa shape index (κ1) is 11.0. The number of aromatic hydroxyl groups is 1. The van der Waals surface area contributed by atoms with E-state index in [2.05, 4.69) is 6.07 Å². The minimum atomic E-state index is 0.221. The van der Waals surface area contributed by atoms with Crippen LogP contribution in [0, 0.1) is 11.3 Å². The van der Waals surface area contributed by atoms with E-state index in [9.17, 15) is 5.11 Å². The number of para-hydroxylation sites is 1. The van der Waals surface area contributed by atoms with Crippen LogP contribution in [-0.2, 0) is 0 Å². The predicted octanol–water partition coefficient (Wildman–Crippen LogP) is 3.05. The van der Waals surface area contributed by atoms with E-state index in [4.69, 9.17) is 5.26 Å². The predicted molar refractivity (Wildman–Crippen MR) is 67.2 cm³/mol. The van der Waals surface area contributed by atoms with Gasteiger partial charge in [0.25, 0.3) is 0 Å². The molecule has 3 heteroatoms. The molecule has 0 fully saturated rings. The number of anilines is 2. The summed E-state index contributed by atoms with van der Waals surface area (Å²) in [6.07, 6.45) is 0. The third-order valence-electron chi connectivity index (χ3n) is 2.46. The number of hydrogen-bond donors (Lipinski definition) is 1. The highest BCUT2D eigenvalue weighted by Crippen LogP contribution is 2.26. The molecule has 3 nitrogen and oxygen atoms in total. The number of hydrogen-bond acceptors (Lipinski definition) is 3. The molecular formula is C14H12N2O. The Morgan fingerprint density at radius 3 is 2.12 bits per heavy atom. The Bertz CT molecular complexity index is 514. The van der Waals surface area contributed by atoms with Gasteiger partial charge in [0, 0.05) is 11.4 Å². The summed E-state index contributed by atoms with van der Waals surface area (Å²) in [5, 5.41) is 18.1. The smallest absolute Gasteiger partial charge is 0.115 e. The van der Waals surface area contributed by atoms with Crippen LogP contribution in [-0.4, -0.2) is 11.7 Å². The lowest BCUT2D eigenvalue weighted by molar-refractivity contribution is 0.475. The largest absolute Gasteiger partial charge is 0.508 e. The molecule has 0 atom stereocenters. The molecule has 2 rings (SSSR count). The average Bonchev–Trinajstić information content (AvgIpc) is 2.38. The molecule has 0 bridgehead atoms. The van der Waals surface area contributed by atoms with Gasteiger partial charge in [-0.25, -0.2) is 0 Å². The summed E-state index contributed by atoms with van der Waals surface area (Å²) in [7, 11) is 0. The Labute approximate surface area is 100 Å². The van der Waals surface area contributed by atoms with Crippen LogP contribution in [0.3, 0.4) is 0 Å². The SMILES string of the molecule is N#CCN(c1ccccc1)c1ccc(O)cc1. The molecule has 0 aliphatic carbocycles. The lowest BCUT2D eigenvalue weighted by Crippen LogP contribution is -2.16. The quantitative estimate of drug-likeness (QED) is 0.815. The summed E-state index contributed by atoms with van der Waals surface area (Å²) < 4.78 is 0. The second kappa shape index (κ2) is 5.04. The van der Waals surface area contributed by atoms with Crippen LogP contribution in [0.25, 0.3) is 0 Å². The molecule has 0 unspecified atom stereocenters. The first-order valence-electron chi connectivity index (χ1n) is 5.30. The van der Waals surface area contributed by atoms with Crippen molar-refractivity contribution in [3.05, 3.63) is 54.6 Å². The Morgan fingerprint density at radius 1 is 0.941 bits per heavy atom. The highest BCUT2D eigenvalue weighted by molar-refractivity contribution is 5.64. The summed E-state index contributed by atoms with van der Waals surface area (Å²) >= 11 is 0. The number of benzene rings is 2. The Hall–Kier alpha value is -2.47. The minimum absolute atomic E-state index is 0.221. The van der Waals surface area contributed by atoms with Crippen LogP contribution in [0.2, 0.25) is 0 Å². The third kappa shape index (κ3) is 2.56. The summed E-state index contributed by atoms with van der Waals surface area (Å²) in [5.41, 5.74) is 1.84. The van der Waals surface area contributed by atoms with Crippen LogP contribution in [0.5, 0.6) is 5.75 Å². The van der Waals surface area contributed by atoms with E-state index in [0.29, 0.717) is 0 Å². The zero-order valence-corrected chi connectivity index (χ0v) is 9.24. The minimum Gasteiger partial charge on any atom is -0.508 e. The maximum Gasteiger partial charge on any atom is 0.115 e. The zero-order valence-electron chi connectivity index (χ0n) is 9.24. The Balaban J connectivity index is 2.36. The normalized spacial score (nSPS) is 9.59. The van der Waals surface area contributed by atoms with Crippen LogP contribution in [0.1, 0.15) is 0 Å². The molecule has 0 heterocycles. The Kier molecular flexibility index (Phi) is 3.27. The summed E-state index contributed by atoms with van der Waals surface area (Å²) in [5.74, 6) is 0.221. The van der Waals surface area contributed by atoms with Crippen molar-refractivity contribution in [3.8, 4) is 11.8 Å². The lowest BCUT2D eigenvalue weighted by atomic mass is 10.2. The van der Waals surface area contributed by atoms with Crippen LogP contribution in [0.15, 0.2) is 54.6 Å². The van der Waals surface area contributed by atoms with Crippen molar-refractivity contribution in [1.29, 1.82) is 5.26 Å². The fourth-order valence-corrected chi connectivity index (χ4v) is 1.64. The second-order valence-electron chi connectivity index (χ2n) is 3.60. The number of nitrogens with zero attached hydrogens (tertiary/aromatic N) is 2. The van der Waals surface area contributed by atoms with Crippen molar-refractivity contribution in [2.45, 2.75) is 0 Å². The van der Waals surface area contributed by atoms with Crippen LogP contribution >= 0.6 is 0 Å². The van der Waals surface area contributed by atoms with Gasteiger partial charge in [-0.1, -0.05) is 18.2 Å². The van der Waals surface area contributed by atoms with Gasteiger partial charge in [0.2, 0.25) is 0 Å². The van der Waals surface area contributed by atoms with Crippen molar-refractivity contribution in [2.75, 3.05) is 11.4 Å². The molecule has 84 valence electrons. The van der Waals surface area contributed by atoms with E-state index >= 15 is 0 Å². The van der Waals surface area contributed by atoms with Gasteiger partial charge < -0.3 is 10.0 Å². The van der Waals surface area contributed by atoms with Gasteiger partial charge in [-0.2, -0.15) is 5.26 Å². The number of rotatable bonds is 3. The molecule has 0 saturated heterocycles. The van der Waals surface area contributed by atoms with Crippen LogP contribution in [0.4, 0.5) is 11.4 Å². The van der Waals surface area contributed by atoms with E-state index in [1.165, 1.54) is 0 Å². The molecule has 0 radical (unpaired) electrons. The highest BCUT2D eigenvalue weighted by Gasteiger charge is 2.07. The van der Waals surface area contributed by atoms with Gasteiger partial charge in [-0.05, 0) is 36.4 Å². The van der Waals surface area contributed by atoms with E-state index in [0.717, 1.165) is 11.4 Å². The number of phenolic OH excluding ortho intramolecular Hbond substituents is 1. The standard InChI is InChI=1S/C14H12N2O/c15-10-11-16(12-4-2-1-3-5-12)13-6-8-14(17)9-7-13/h1-9,17H,11H2. The van der Waals surface area contributed by atoms with E-state index in [1.807, 2.05) is 35.2 Å². The van der Waals surface area contributed by atoms with Gasteiger partial charge in [-0.3, -0.25) is 0 Å². The molecule has 2 aromatic carbocycles. The molecular weight excluding hydrogens is 212 g/mol. The van der Waals surface area contributed by atoms with Gasteiger partial charge in [0.05, 0.1) is 6.07 Å². The zero-order chi connectivity index (χ0) is 12.1. The summed E-state index contributed by atoms with van der Waals surface area (Å²) in [6.45, 7) is 0.273. The molecule has 0 saturated carbocycles. The monoisotopic (exact) mass is 224 g/mol. The number of phenols is 1. The second-order valence-corrected chi connectivity index (χ2v) is 3.60. The maximum absolute atomic E-state index is 9.26. The lowest BCUT2D eigenvalue weighted by Gasteiger charge is -2.21. The fraction of sp³-hybridized carbons (Fsp3) is 0.0714. The van der Waals surface area contributed by atoms with Crippen molar-refractivity contribution < 1.29 is 5.11 Å². The summed E-state index contributed by atoms with van der Waals surface area (Å²) in [6, 6.07) is 18.6. The van der Waals surface area contributed by atoms with Gasteiger partial charge in [0.1, 0.15) is 12.3 Å². The van der Waals surface area contributed by atoms with Crippen molar-refractivity contribution in [1.82, 2.24) is 0 Å². The topological polar surface area (TPSA) is 47.3 Å². The van der Waals surface area contributed by atoms with Gasteiger partial charge in [0.15, 0.2) is 0 Å². The van der Waals surface area contributed by atoms with Crippen LogP contribution < -0.4 is 4.90 Å². The number of nitriles is 1. The molecule has 2 aromatic rings. The molecule has 0 spiro atoms. The molecule has 1 N–H and O–H groups in total.